The summed E-state index contributed by atoms with van der Waals surface area (Å²) < 4.78 is 7.77. The summed E-state index contributed by atoms with van der Waals surface area (Å²) in [7, 11) is 1.57. The van der Waals surface area contributed by atoms with Gasteiger partial charge in [0.2, 0.25) is 0 Å². The third-order valence-corrected chi connectivity index (χ3v) is 4.79. The molecule has 0 amide bonds. The number of nitrogens with zero attached hydrogens (tertiary/aromatic N) is 1. The number of halogens is 2. The van der Waals surface area contributed by atoms with E-state index in [0.29, 0.717) is 16.5 Å². The molecule has 0 unspecified atom stereocenters. The zero-order valence-electron chi connectivity index (χ0n) is 12.1. The molecule has 1 aromatic heterocycles. The largest absolute Gasteiger partial charge is 0.495 e. The Hall–Kier alpha value is -1.78. The molecule has 5 heteroatoms. The van der Waals surface area contributed by atoms with Crippen LogP contribution in [0.5, 0.6) is 5.75 Å². The van der Waals surface area contributed by atoms with Crippen LogP contribution in [0, 0.1) is 6.92 Å². The highest BCUT2D eigenvalue weighted by Crippen LogP contribution is 2.34. The lowest BCUT2D eigenvalue weighted by Crippen LogP contribution is -2.19. The first kappa shape index (κ1) is 15.1. The predicted molar refractivity (Wildman–Crippen MR) is 93.5 cm³/mol. The fraction of sp³-hybridized carbons (Fsp3) is 0.118. The second-order valence-electron chi connectivity index (χ2n) is 4.96. The first-order valence-electron chi connectivity index (χ1n) is 6.67. The SMILES string of the molecule is COc1cc(Br)c(Cl)cc1-n1c(=O)cc(C)c2ccccc21. The number of hydrogen-bond donors (Lipinski definition) is 0. The quantitative estimate of drug-likeness (QED) is 0.646. The highest BCUT2D eigenvalue weighted by Gasteiger charge is 2.14. The number of aryl methyl sites for hydroxylation is 1. The second kappa shape index (κ2) is 5.78. The lowest BCUT2D eigenvalue weighted by atomic mass is 10.1. The molecule has 0 fully saturated rings. The Balaban J connectivity index is 2.46. The van der Waals surface area contributed by atoms with Gasteiger partial charge in [-0.05, 0) is 46.6 Å². The highest BCUT2D eigenvalue weighted by atomic mass is 79.9. The van der Waals surface area contributed by atoms with E-state index in [1.54, 1.807) is 29.9 Å². The van der Waals surface area contributed by atoms with Gasteiger partial charge in [0, 0.05) is 15.9 Å². The number of aromatic nitrogens is 1. The first-order valence-corrected chi connectivity index (χ1v) is 7.85. The van der Waals surface area contributed by atoms with Crippen LogP contribution in [0.15, 0.2) is 51.7 Å². The maximum Gasteiger partial charge on any atom is 0.255 e. The van der Waals surface area contributed by atoms with Gasteiger partial charge in [-0.15, -0.1) is 0 Å². The third-order valence-electron chi connectivity index (χ3n) is 3.59. The Morgan fingerprint density at radius 3 is 2.64 bits per heavy atom. The van der Waals surface area contributed by atoms with Gasteiger partial charge in [-0.25, -0.2) is 0 Å². The van der Waals surface area contributed by atoms with E-state index in [0.717, 1.165) is 20.9 Å². The van der Waals surface area contributed by atoms with Gasteiger partial charge < -0.3 is 4.74 Å². The molecule has 2 aromatic carbocycles. The molecular formula is C17H13BrClNO2. The predicted octanol–water partition coefficient (Wildman–Crippen LogP) is 4.72. The molecule has 0 saturated heterocycles. The van der Waals surface area contributed by atoms with Crippen LogP contribution in [0.4, 0.5) is 0 Å². The molecule has 0 aliphatic heterocycles. The Bertz CT molecular complexity index is 934. The van der Waals surface area contributed by atoms with E-state index in [1.165, 1.54) is 0 Å². The number of para-hydroxylation sites is 1. The number of rotatable bonds is 2. The van der Waals surface area contributed by atoms with Crippen LogP contribution >= 0.6 is 27.5 Å². The molecule has 0 radical (unpaired) electrons. The molecule has 1 heterocycles. The van der Waals surface area contributed by atoms with Gasteiger partial charge in [-0.2, -0.15) is 0 Å². The maximum absolute atomic E-state index is 12.6. The topological polar surface area (TPSA) is 31.2 Å². The van der Waals surface area contributed by atoms with Gasteiger partial charge in [-0.3, -0.25) is 9.36 Å². The van der Waals surface area contributed by atoms with Crippen molar-refractivity contribution in [2.75, 3.05) is 7.11 Å². The van der Waals surface area contributed by atoms with E-state index in [4.69, 9.17) is 16.3 Å². The number of hydrogen-bond acceptors (Lipinski definition) is 2. The van der Waals surface area contributed by atoms with E-state index >= 15 is 0 Å². The molecule has 3 rings (SSSR count). The van der Waals surface area contributed by atoms with Gasteiger partial charge in [0.1, 0.15) is 5.75 Å². The minimum absolute atomic E-state index is 0.118. The lowest BCUT2D eigenvalue weighted by molar-refractivity contribution is 0.412. The van der Waals surface area contributed by atoms with Crippen molar-refractivity contribution in [1.82, 2.24) is 4.57 Å². The second-order valence-corrected chi connectivity index (χ2v) is 6.22. The van der Waals surface area contributed by atoms with Crippen molar-refractivity contribution in [3.05, 3.63) is 67.9 Å². The van der Waals surface area contributed by atoms with Crippen LogP contribution in [0.2, 0.25) is 5.02 Å². The van der Waals surface area contributed by atoms with Crippen LogP contribution in [-0.2, 0) is 0 Å². The Morgan fingerprint density at radius 1 is 1.18 bits per heavy atom. The number of pyridine rings is 1. The summed E-state index contributed by atoms with van der Waals surface area (Å²) in [6.45, 7) is 1.93. The summed E-state index contributed by atoms with van der Waals surface area (Å²) >= 11 is 9.58. The Kier molecular flexibility index (Phi) is 3.98. The molecule has 0 aliphatic rings. The summed E-state index contributed by atoms with van der Waals surface area (Å²) in [5, 5.41) is 1.54. The summed E-state index contributed by atoms with van der Waals surface area (Å²) in [6.07, 6.45) is 0. The summed E-state index contributed by atoms with van der Waals surface area (Å²) in [5.41, 5.74) is 2.27. The number of benzene rings is 2. The van der Waals surface area contributed by atoms with Crippen molar-refractivity contribution in [2.24, 2.45) is 0 Å². The van der Waals surface area contributed by atoms with Crippen molar-refractivity contribution >= 4 is 38.4 Å². The minimum atomic E-state index is -0.118. The van der Waals surface area contributed by atoms with Crippen LogP contribution in [-0.4, -0.2) is 11.7 Å². The average Bonchev–Trinajstić information content (AvgIpc) is 2.50. The van der Waals surface area contributed by atoms with Crippen molar-refractivity contribution in [1.29, 1.82) is 0 Å². The molecule has 0 saturated carbocycles. The van der Waals surface area contributed by atoms with Crippen molar-refractivity contribution in [2.45, 2.75) is 6.92 Å². The maximum atomic E-state index is 12.6. The zero-order valence-corrected chi connectivity index (χ0v) is 14.4. The lowest BCUT2D eigenvalue weighted by Gasteiger charge is -2.16. The van der Waals surface area contributed by atoms with Crippen molar-refractivity contribution in [3.8, 4) is 11.4 Å². The Labute approximate surface area is 141 Å². The van der Waals surface area contributed by atoms with Gasteiger partial charge in [0.05, 0.1) is 23.3 Å². The number of fused-ring (bicyclic) bond motifs is 1. The molecule has 0 atom stereocenters. The molecule has 112 valence electrons. The molecule has 0 bridgehead atoms. The molecule has 0 spiro atoms. The monoisotopic (exact) mass is 377 g/mol. The standard InChI is InChI=1S/C17H13BrClNO2/c1-10-7-17(21)20(14-6-4-3-5-11(10)14)15-9-13(19)12(18)8-16(15)22-2/h3-9H,1-2H3. The molecule has 0 N–H and O–H groups in total. The minimum Gasteiger partial charge on any atom is -0.495 e. The Morgan fingerprint density at radius 2 is 1.91 bits per heavy atom. The molecule has 3 nitrogen and oxygen atoms in total. The molecule has 3 aromatic rings. The van der Waals surface area contributed by atoms with Crippen LogP contribution in [0.25, 0.3) is 16.6 Å². The van der Waals surface area contributed by atoms with Gasteiger partial charge in [-0.1, -0.05) is 29.8 Å². The summed E-state index contributed by atoms with van der Waals surface area (Å²) in [5.74, 6) is 0.576. The van der Waals surface area contributed by atoms with Gasteiger partial charge in [0.25, 0.3) is 5.56 Å². The average molecular weight is 379 g/mol. The van der Waals surface area contributed by atoms with Crippen molar-refractivity contribution < 1.29 is 4.74 Å². The number of methoxy groups -OCH3 is 1. The highest BCUT2D eigenvalue weighted by molar-refractivity contribution is 9.10. The molecule has 22 heavy (non-hydrogen) atoms. The summed E-state index contributed by atoms with van der Waals surface area (Å²) in [6, 6.07) is 12.9. The smallest absolute Gasteiger partial charge is 0.255 e. The fourth-order valence-electron chi connectivity index (χ4n) is 2.55. The van der Waals surface area contributed by atoms with E-state index in [9.17, 15) is 4.79 Å². The van der Waals surface area contributed by atoms with Crippen LogP contribution in [0.1, 0.15) is 5.56 Å². The van der Waals surface area contributed by atoms with Crippen LogP contribution < -0.4 is 10.3 Å². The normalized spacial score (nSPS) is 10.9. The molecular weight excluding hydrogens is 366 g/mol. The summed E-state index contributed by atoms with van der Waals surface area (Å²) in [4.78, 5) is 12.6. The van der Waals surface area contributed by atoms with E-state index in [-0.39, 0.29) is 5.56 Å². The van der Waals surface area contributed by atoms with Crippen LogP contribution in [0.3, 0.4) is 0 Å². The van der Waals surface area contributed by atoms with E-state index in [2.05, 4.69) is 15.9 Å². The van der Waals surface area contributed by atoms with E-state index < -0.39 is 0 Å². The molecule has 0 aliphatic carbocycles. The first-order chi connectivity index (χ1) is 10.5. The van der Waals surface area contributed by atoms with Gasteiger partial charge >= 0.3 is 0 Å². The van der Waals surface area contributed by atoms with Gasteiger partial charge in [0.15, 0.2) is 0 Å². The van der Waals surface area contributed by atoms with E-state index in [1.807, 2.05) is 31.2 Å². The zero-order chi connectivity index (χ0) is 15.9. The number of ether oxygens (including phenoxy) is 1. The third kappa shape index (κ3) is 2.42. The fourth-order valence-corrected chi connectivity index (χ4v) is 3.03. The van der Waals surface area contributed by atoms with Crippen molar-refractivity contribution in [3.63, 3.8) is 0 Å².